The molecule has 1 aromatic carbocycles. The van der Waals surface area contributed by atoms with Crippen LogP contribution < -0.4 is 10.6 Å². The maximum Gasteiger partial charge on any atom is 0.408 e. The fourth-order valence-corrected chi connectivity index (χ4v) is 3.46. The van der Waals surface area contributed by atoms with Crippen LogP contribution in [0.1, 0.15) is 91.3 Å². The zero-order valence-electron chi connectivity index (χ0n) is 22.1. The number of hydrogen-bond donors (Lipinski definition) is 3. The van der Waals surface area contributed by atoms with Crippen molar-refractivity contribution >= 4 is 17.9 Å². The number of ether oxygens (including phenoxy) is 1. The van der Waals surface area contributed by atoms with E-state index in [0.29, 0.717) is 24.1 Å². The van der Waals surface area contributed by atoms with Crippen LogP contribution in [0.25, 0.3) is 0 Å². The van der Waals surface area contributed by atoms with Gasteiger partial charge in [0, 0.05) is 17.6 Å². The van der Waals surface area contributed by atoms with Gasteiger partial charge in [0.05, 0.1) is 0 Å². The third kappa shape index (κ3) is 10.0. The summed E-state index contributed by atoms with van der Waals surface area (Å²) in [7, 11) is 0. The molecule has 1 unspecified atom stereocenters. The van der Waals surface area contributed by atoms with Crippen LogP contribution in [-0.4, -0.2) is 52.1 Å². The molecule has 0 heterocycles. The van der Waals surface area contributed by atoms with Crippen LogP contribution >= 0.6 is 0 Å². The first-order chi connectivity index (χ1) is 15.7. The van der Waals surface area contributed by atoms with Gasteiger partial charge >= 0.3 is 6.09 Å². The number of alkyl carbamates (subject to hydrolysis) is 1. The van der Waals surface area contributed by atoms with Crippen molar-refractivity contribution in [3.8, 4) is 5.75 Å². The van der Waals surface area contributed by atoms with Gasteiger partial charge in [-0.15, -0.1) is 0 Å². The highest BCUT2D eigenvalue weighted by Crippen LogP contribution is 2.32. The minimum absolute atomic E-state index is 0.0250. The average molecular weight is 478 g/mol. The molecular formula is C26H43N3O5. The second-order valence-corrected chi connectivity index (χ2v) is 10.7. The topological polar surface area (TPSA) is 108 Å². The molecule has 0 aromatic heterocycles. The molecule has 3 amide bonds. The highest BCUT2D eigenvalue weighted by Gasteiger charge is 2.35. The number of nitrogens with zero attached hydrogens (tertiary/aromatic N) is 1. The minimum Gasteiger partial charge on any atom is -0.507 e. The van der Waals surface area contributed by atoms with Crippen molar-refractivity contribution in [1.29, 1.82) is 0 Å². The number of phenolic OH excluding ortho intramolecular Hbond substituents is 1. The molecule has 8 nitrogen and oxygen atoms in total. The van der Waals surface area contributed by atoms with Crippen LogP contribution in [0.2, 0.25) is 0 Å². The lowest BCUT2D eigenvalue weighted by molar-refractivity contribution is -0.141. The van der Waals surface area contributed by atoms with Crippen molar-refractivity contribution in [2.24, 2.45) is 0 Å². The fourth-order valence-electron chi connectivity index (χ4n) is 3.46. The summed E-state index contributed by atoms with van der Waals surface area (Å²) in [6, 6.07) is 4.10. The van der Waals surface area contributed by atoms with E-state index in [4.69, 9.17) is 4.74 Å². The van der Waals surface area contributed by atoms with Gasteiger partial charge in [-0.05, 0) is 60.5 Å². The summed E-state index contributed by atoms with van der Waals surface area (Å²) < 4.78 is 5.23. The van der Waals surface area contributed by atoms with E-state index < -0.39 is 35.1 Å². The number of hydrogen-bond acceptors (Lipinski definition) is 5. The van der Waals surface area contributed by atoms with Gasteiger partial charge in [0.15, 0.2) is 0 Å². The summed E-state index contributed by atoms with van der Waals surface area (Å²) >= 11 is 0. The SMILES string of the molecule is CCCCCCN(C(=O)CNC(=O)OC(C)(C)C)C(C(=O)NC(C)(C)C)c1cccc(C)c1O. The number of aryl methyl sites for hydroxylation is 1. The molecule has 1 atom stereocenters. The van der Waals surface area contributed by atoms with E-state index in [1.807, 2.05) is 20.8 Å². The number of amides is 3. The lowest BCUT2D eigenvalue weighted by Gasteiger charge is -2.34. The van der Waals surface area contributed by atoms with E-state index in [0.717, 1.165) is 19.3 Å². The number of aromatic hydroxyl groups is 1. The zero-order valence-corrected chi connectivity index (χ0v) is 22.1. The third-order valence-electron chi connectivity index (χ3n) is 4.98. The zero-order chi connectivity index (χ0) is 26.1. The molecule has 192 valence electrons. The Kier molecular flexibility index (Phi) is 10.9. The molecular weight excluding hydrogens is 434 g/mol. The van der Waals surface area contributed by atoms with Crippen LogP contribution in [0.5, 0.6) is 5.75 Å². The molecule has 0 aliphatic heterocycles. The molecule has 0 radical (unpaired) electrons. The van der Waals surface area contributed by atoms with Crippen LogP contribution in [0.15, 0.2) is 18.2 Å². The largest absolute Gasteiger partial charge is 0.507 e. The molecule has 8 heteroatoms. The molecule has 0 bridgehead atoms. The number of carbonyl (C=O) groups is 3. The predicted octanol–water partition coefficient (Wildman–Crippen LogP) is 4.59. The Labute approximate surface area is 204 Å². The second kappa shape index (κ2) is 12.6. The third-order valence-corrected chi connectivity index (χ3v) is 4.98. The molecule has 0 aliphatic carbocycles. The molecule has 1 aromatic rings. The smallest absolute Gasteiger partial charge is 0.408 e. The minimum atomic E-state index is -1.05. The van der Waals surface area contributed by atoms with Crippen LogP contribution in [0.3, 0.4) is 0 Å². The van der Waals surface area contributed by atoms with Crippen molar-refractivity contribution in [1.82, 2.24) is 15.5 Å². The van der Waals surface area contributed by atoms with Crippen molar-refractivity contribution in [2.45, 2.75) is 98.3 Å². The molecule has 34 heavy (non-hydrogen) atoms. The Morgan fingerprint density at radius 1 is 1.06 bits per heavy atom. The average Bonchev–Trinajstić information content (AvgIpc) is 2.68. The van der Waals surface area contributed by atoms with Gasteiger partial charge in [-0.2, -0.15) is 0 Å². The normalized spacial score (nSPS) is 12.6. The van der Waals surface area contributed by atoms with Gasteiger partial charge in [-0.25, -0.2) is 4.79 Å². The summed E-state index contributed by atoms with van der Waals surface area (Å²) in [6.45, 7) is 14.6. The van der Waals surface area contributed by atoms with Gasteiger partial charge in [-0.1, -0.05) is 44.4 Å². The van der Waals surface area contributed by atoms with Crippen molar-refractivity contribution in [2.75, 3.05) is 13.1 Å². The monoisotopic (exact) mass is 477 g/mol. The molecule has 0 fully saturated rings. The van der Waals surface area contributed by atoms with Crippen molar-refractivity contribution < 1.29 is 24.2 Å². The van der Waals surface area contributed by atoms with Crippen molar-refractivity contribution in [3.05, 3.63) is 29.3 Å². The van der Waals surface area contributed by atoms with Crippen LogP contribution in [0.4, 0.5) is 4.79 Å². The van der Waals surface area contributed by atoms with Crippen LogP contribution in [-0.2, 0) is 14.3 Å². The molecule has 1 rings (SSSR count). The Hall–Kier alpha value is -2.77. The summed E-state index contributed by atoms with van der Waals surface area (Å²) in [6.07, 6.45) is 2.92. The lowest BCUT2D eigenvalue weighted by Crippen LogP contribution is -2.51. The summed E-state index contributed by atoms with van der Waals surface area (Å²) in [5.41, 5.74) is -0.283. The number of phenols is 1. The van der Waals surface area contributed by atoms with E-state index in [1.165, 1.54) is 4.90 Å². The molecule has 0 spiro atoms. The number of rotatable bonds is 10. The maximum atomic E-state index is 13.5. The van der Waals surface area contributed by atoms with Gasteiger partial charge in [0.2, 0.25) is 11.8 Å². The highest BCUT2D eigenvalue weighted by atomic mass is 16.6. The fraction of sp³-hybridized carbons (Fsp3) is 0.654. The Bertz CT molecular complexity index is 840. The lowest BCUT2D eigenvalue weighted by atomic mass is 9.98. The first kappa shape index (κ1) is 29.3. The summed E-state index contributed by atoms with van der Waals surface area (Å²) in [5.74, 6) is -0.852. The maximum absolute atomic E-state index is 13.5. The number of unbranched alkanes of at least 4 members (excludes halogenated alkanes) is 3. The Morgan fingerprint density at radius 2 is 1.71 bits per heavy atom. The van der Waals surface area contributed by atoms with E-state index in [-0.39, 0.29) is 12.3 Å². The number of benzene rings is 1. The van der Waals surface area contributed by atoms with Gasteiger partial charge in [-0.3, -0.25) is 9.59 Å². The van der Waals surface area contributed by atoms with Crippen molar-refractivity contribution in [3.63, 3.8) is 0 Å². The molecule has 3 N–H and O–H groups in total. The number of para-hydroxylation sites is 1. The quantitative estimate of drug-likeness (QED) is 0.427. The van der Waals surface area contributed by atoms with E-state index in [2.05, 4.69) is 17.6 Å². The summed E-state index contributed by atoms with van der Waals surface area (Å²) in [4.78, 5) is 40.4. The molecule has 0 aliphatic rings. The van der Waals surface area contributed by atoms with E-state index >= 15 is 0 Å². The van der Waals surface area contributed by atoms with Gasteiger partial charge in [0.25, 0.3) is 0 Å². The Balaban J connectivity index is 3.32. The standard InChI is InChI=1S/C26H43N3O5/c1-9-10-11-12-16-29(20(30)17-27-24(33)34-26(6,7)8)21(23(32)28-25(3,4)5)19-15-13-14-18(2)22(19)31/h13-15,21,31H,9-12,16-17H2,1-8H3,(H,27,33)(H,28,32). The predicted molar refractivity (Wildman–Crippen MR) is 134 cm³/mol. The highest BCUT2D eigenvalue weighted by molar-refractivity contribution is 5.91. The van der Waals surface area contributed by atoms with E-state index in [1.54, 1.807) is 45.9 Å². The van der Waals surface area contributed by atoms with Gasteiger partial charge in [0.1, 0.15) is 23.9 Å². The number of nitrogens with one attached hydrogen (secondary N) is 2. The molecule has 0 saturated carbocycles. The first-order valence-corrected chi connectivity index (χ1v) is 12.0. The van der Waals surface area contributed by atoms with Gasteiger partial charge < -0.3 is 25.4 Å². The number of carbonyl (C=O) groups excluding carboxylic acids is 3. The summed E-state index contributed by atoms with van der Waals surface area (Å²) in [5, 5.41) is 16.2. The molecule has 0 saturated heterocycles. The first-order valence-electron chi connectivity index (χ1n) is 12.0. The van der Waals surface area contributed by atoms with E-state index in [9.17, 15) is 19.5 Å². The Morgan fingerprint density at radius 3 is 2.26 bits per heavy atom. The van der Waals surface area contributed by atoms with Crippen LogP contribution in [0, 0.1) is 6.92 Å². The second-order valence-electron chi connectivity index (χ2n) is 10.7.